The van der Waals surface area contributed by atoms with Crippen LogP contribution in [0.25, 0.3) is 0 Å². The Morgan fingerprint density at radius 1 is 0.912 bits per heavy atom. The zero-order chi connectivity index (χ0) is 24.0. The van der Waals surface area contributed by atoms with Crippen LogP contribution in [-0.2, 0) is 14.8 Å². The van der Waals surface area contributed by atoms with Crippen molar-refractivity contribution in [1.29, 1.82) is 0 Å². The van der Waals surface area contributed by atoms with Gasteiger partial charge in [-0.25, -0.2) is 13.4 Å². The second kappa shape index (κ2) is 11.2. The van der Waals surface area contributed by atoms with E-state index in [1.165, 1.54) is 23.3 Å². The second-order valence-electron chi connectivity index (χ2n) is 8.92. The molecule has 2 aromatic rings. The van der Waals surface area contributed by atoms with Crippen LogP contribution in [0.4, 0.5) is 11.5 Å². The normalized spacial score (nSPS) is 17.9. The number of amides is 1. The topological polar surface area (TPSA) is 77.1 Å². The lowest BCUT2D eigenvalue weighted by Crippen LogP contribution is -2.50. The first-order chi connectivity index (χ1) is 16.5. The van der Waals surface area contributed by atoms with Gasteiger partial charge in [0.2, 0.25) is 5.91 Å². The van der Waals surface area contributed by atoms with Gasteiger partial charge in [-0.2, -0.15) is 0 Å². The van der Waals surface area contributed by atoms with Gasteiger partial charge in [0, 0.05) is 52.0 Å². The number of para-hydroxylation sites is 1. The third-order valence-corrected chi connectivity index (χ3v) is 8.54. The number of benzene rings is 1. The molecule has 4 rings (SSSR count). The highest BCUT2D eigenvalue weighted by molar-refractivity contribution is 7.92. The van der Waals surface area contributed by atoms with E-state index in [0.717, 1.165) is 57.9 Å². The maximum atomic E-state index is 13.2. The number of nitrogens with zero attached hydrogens (tertiary/aromatic N) is 5. The quantitative estimate of drug-likeness (QED) is 0.600. The monoisotopic (exact) mass is 485 g/mol. The summed E-state index contributed by atoms with van der Waals surface area (Å²) in [5, 5.41) is 0. The van der Waals surface area contributed by atoms with E-state index >= 15 is 0 Å². The molecule has 184 valence electrons. The third-order valence-electron chi connectivity index (χ3n) is 6.65. The number of rotatable bonds is 7. The summed E-state index contributed by atoms with van der Waals surface area (Å²) < 4.78 is 27.8. The maximum absolute atomic E-state index is 13.2. The van der Waals surface area contributed by atoms with E-state index in [1.807, 2.05) is 30.0 Å². The van der Waals surface area contributed by atoms with Crippen LogP contribution in [0.5, 0.6) is 0 Å². The van der Waals surface area contributed by atoms with Crippen LogP contribution < -0.4 is 9.21 Å². The number of hydrogen-bond donors (Lipinski definition) is 0. The zero-order valence-corrected chi connectivity index (χ0v) is 20.8. The minimum Gasteiger partial charge on any atom is -0.354 e. The lowest BCUT2D eigenvalue weighted by molar-refractivity contribution is -0.132. The van der Waals surface area contributed by atoms with Gasteiger partial charge in [0.1, 0.15) is 10.7 Å². The SMILES string of the molecule is CCN(c1ccccc1)S(=O)(=O)c1ccc(N2CCN(CC(=O)N3CCCCCC3)CC2)nc1. The number of pyridine rings is 1. The van der Waals surface area contributed by atoms with Gasteiger partial charge in [-0.3, -0.25) is 14.0 Å². The van der Waals surface area contributed by atoms with Crippen molar-refractivity contribution < 1.29 is 13.2 Å². The molecule has 9 heteroatoms. The predicted molar refractivity (Wildman–Crippen MR) is 135 cm³/mol. The summed E-state index contributed by atoms with van der Waals surface area (Å²) in [4.78, 5) is 23.7. The van der Waals surface area contributed by atoms with Crippen molar-refractivity contribution in [2.75, 3.05) is 61.6 Å². The zero-order valence-electron chi connectivity index (χ0n) is 20.0. The minimum absolute atomic E-state index is 0.184. The average molecular weight is 486 g/mol. The van der Waals surface area contributed by atoms with Gasteiger partial charge < -0.3 is 9.80 Å². The van der Waals surface area contributed by atoms with Gasteiger partial charge in [0.15, 0.2) is 0 Å². The molecule has 2 aliphatic rings. The van der Waals surface area contributed by atoms with E-state index in [0.29, 0.717) is 18.8 Å². The fourth-order valence-corrected chi connectivity index (χ4v) is 6.09. The molecular weight excluding hydrogens is 450 g/mol. The molecule has 0 N–H and O–H groups in total. The highest BCUT2D eigenvalue weighted by atomic mass is 32.2. The molecule has 3 heterocycles. The van der Waals surface area contributed by atoms with Gasteiger partial charge in [-0.1, -0.05) is 31.0 Å². The fraction of sp³-hybridized carbons (Fsp3) is 0.520. The van der Waals surface area contributed by atoms with Crippen LogP contribution in [-0.4, -0.2) is 81.5 Å². The minimum atomic E-state index is -3.69. The van der Waals surface area contributed by atoms with Crippen molar-refractivity contribution >= 4 is 27.4 Å². The summed E-state index contributed by atoms with van der Waals surface area (Å²) in [6.07, 6.45) is 6.11. The Morgan fingerprint density at radius 2 is 1.59 bits per heavy atom. The smallest absolute Gasteiger partial charge is 0.265 e. The number of sulfonamides is 1. The largest absolute Gasteiger partial charge is 0.354 e. The van der Waals surface area contributed by atoms with Gasteiger partial charge in [-0.05, 0) is 44.0 Å². The molecule has 8 nitrogen and oxygen atoms in total. The van der Waals surface area contributed by atoms with Crippen molar-refractivity contribution in [1.82, 2.24) is 14.8 Å². The molecule has 2 fully saturated rings. The van der Waals surface area contributed by atoms with Gasteiger partial charge in [-0.15, -0.1) is 0 Å². The molecule has 0 bridgehead atoms. The third kappa shape index (κ3) is 5.70. The molecule has 0 spiro atoms. The molecule has 0 aliphatic carbocycles. The van der Waals surface area contributed by atoms with E-state index in [9.17, 15) is 13.2 Å². The molecule has 2 aliphatic heterocycles. The molecule has 1 aromatic heterocycles. The van der Waals surface area contributed by atoms with E-state index < -0.39 is 10.0 Å². The average Bonchev–Trinajstić information content (AvgIpc) is 3.15. The van der Waals surface area contributed by atoms with Crippen molar-refractivity contribution in [3.8, 4) is 0 Å². The van der Waals surface area contributed by atoms with Crippen LogP contribution in [0.2, 0.25) is 0 Å². The van der Waals surface area contributed by atoms with Crippen LogP contribution in [0, 0.1) is 0 Å². The standard InChI is InChI=1S/C25H35N5O3S/c1-2-30(22-10-6-5-7-11-22)34(32,33)23-12-13-24(26-20-23)28-18-16-27(17-19-28)21-25(31)29-14-8-3-4-9-15-29/h5-7,10-13,20H,2-4,8-9,14-19,21H2,1H3. The molecule has 0 radical (unpaired) electrons. The van der Waals surface area contributed by atoms with Crippen LogP contribution in [0.1, 0.15) is 32.6 Å². The van der Waals surface area contributed by atoms with E-state index in [1.54, 1.807) is 24.3 Å². The molecule has 2 saturated heterocycles. The fourth-order valence-electron chi connectivity index (χ4n) is 4.67. The van der Waals surface area contributed by atoms with Crippen molar-refractivity contribution in [2.24, 2.45) is 0 Å². The van der Waals surface area contributed by atoms with Crippen LogP contribution in [0.3, 0.4) is 0 Å². The first-order valence-electron chi connectivity index (χ1n) is 12.3. The van der Waals surface area contributed by atoms with Crippen molar-refractivity contribution in [2.45, 2.75) is 37.5 Å². The summed E-state index contributed by atoms with van der Waals surface area (Å²) in [6.45, 7) is 7.52. The highest BCUT2D eigenvalue weighted by Gasteiger charge is 2.26. The molecule has 1 amide bonds. The van der Waals surface area contributed by atoms with Gasteiger partial charge in [0.25, 0.3) is 10.0 Å². The second-order valence-corrected chi connectivity index (χ2v) is 10.8. The number of carbonyl (C=O) groups excluding carboxylic acids is 1. The predicted octanol–water partition coefficient (Wildman–Crippen LogP) is 2.82. The van der Waals surface area contributed by atoms with Gasteiger partial charge in [0.05, 0.1) is 12.2 Å². The molecular formula is C25H35N5O3S. The number of aromatic nitrogens is 1. The summed E-state index contributed by atoms with van der Waals surface area (Å²) >= 11 is 0. The molecule has 0 saturated carbocycles. The Kier molecular flexibility index (Phi) is 8.05. The number of likely N-dealkylation sites (tertiary alicyclic amines) is 1. The first kappa shape index (κ1) is 24.5. The highest BCUT2D eigenvalue weighted by Crippen LogP contribution is 2.24. The molecule has 34 heavy (non-hydrogen) atoms. The number of piperazine rings is 1. The lowest BCUT2D eigenvalue weighted by atomic mass is 10.2. The Labute approximate surface area is 203 Å². The van der Waals surface area contributed by atoms with Crippen LogP contribution in [0.15, 0.2) is 53.6 Å². The Morgan fingerprint density at radius 3 is 2.18 bits per heavy atom. The molecule has 0 unspecified atom stereocenters. The summed E-state index contributed by atoms with van der Waals surface area (Å²) in [5.74, 6) is 1.00. The van der Waals surface area contributed by atoms with Crippen LogP contribution >= 0.6 is 0 Å². The summed E-state index contributed by atoms with van der Waals surface area (Å²) in [5.41, 5.74) is 0.639. The lowest BCUT2D eigenvalue weighted by Gasteiger charge is -2.36. The Hall–Kier alpha value is -2.65. The van der Waals surface area contributed by atoms with E-state index in [4.69, 9.17) is 0 Å². The first-order valence-corrected chi connectivity index (χ1v) is 13.7. The van der Waals surface area contributed by atoms with E-state index in [-0.39, 0.29) is 10.8 Å². The summed E-state index contributed by atoms with van der Waals surface area (Å²) in [6, 6.07) is 12.5. The Bertz CT molecular complexity index is 1030. The number of hydrogen-bond acceptors (Lipinski definition) is 6. The number of carbonyl (C=O) groups is 1. The van der Waals surface area contributed by atoms with Crippen molar-refractivity contribution in [3.63, 3.8) is 0 Å². The number of anilines is 2. The Balaban J connectivity index is 1.34. The van der Waals surface area contributed by atoms with E-state index in [2.05, 4.69) is 14.8 Å². The maximum Gasteiger partial charge on any atom is 0.265 e. The summed E-state index contributed by atoms with van der Waals surface area (Å²) in [7, 11) is -3.69. The van der Waals surface area contributed by atoms with Crippen molar-refractivity contribution in [3.05, 3.63) is 48.7 Å². The molecule has 0 atom stereocenters. The van der Waals surface area contributed by atoms with Gasteiger partial charge >= 0.3 is 0 Å². The molecule has 1 aromatic carbocycles.